The first-order valence-electron chi connectivity index (χ1n) is 7.86. The van der Waals surface area contributed by atoms with Crippen molar-refractivity contribution in [2.75, 3.05) is 19.7 Å². The maximum atomic E-state index is 12.9. The molecule has 26 heavy (non-hydrogen) atoms. The molecule has 0 spiro atoms. The number of carbonyl (C=O) groups excluding carboxylic acids is 1. The van der Waals surface area contributed by atoms with E-state index in [-0.39, 0.29) is 24.7 Å². The van der Waals surface area contributed by atoms with Crippen LogP contribution in [-0.2, 0) is 20.9 Å². The van der Waals surface area contributed by atoms with Crippen LogP contribution in [0.25, 0.3) is 0 Å². The Bertz CT molecular complexity index is 771. The van der Waals surface area contributed by atoms with Gasteiger partial charge in [0.05, 0.1) is 17.2 Å². The Hall–Kier alpha value is -1.52. The van der Waals surface area contributed by atoms with Gasteiger partial charge in [-0.3, -0.25) is 0 Å². The molecule has 0 saturated carbocycles. The summed E-state index contributed by atoms with van der Waals surface area (Å²) in [4.78, 5) is 10.9. The van der Waals surface area contributed by atoms with Crippen molar-refractivity contribution in [2.45, 2.75) is 36.9 Å². The highest BCUT2D eigenvalue weighted by Gasteiger charge is 2.36. The molecule has 1 unspecified atom stereocenters. The molecule has 0 bridgehead atoms. The molecule has 146 valence electrons. The third-order valence-electron chi connectivity index (χ3n) is 3.86. The van der Waals surface area contributed by atoms with Gasteiger partial charge in [-0.15, -0.1) is 0 Å². The molecule has 11 heteroatoms. The number of alkyl carbamates (subject to hydrolysis) is 1. The van der Waals surface area contributed by atoms with Gasteiger partial charge in [0.15, 0.2) is 0 Å². The molecular weight excluding hydrogens is 397 g/mol. The Morgan fingerprint density at radius 3 is 2.73 bits per heavy atom. The lowest BCUT2D eigenvalue weighted by molar-refractivity contribution is -0.137. The van der Waals surface area contributed by atoms with E-state index in [1.165, 1.54) is 0 Å². The zero-order valence-electron chi connectivity index (χ0n) is 13.8. The average molecular weight is 415 g/mol. The van der Waals surface area contributed by atoms with E-state index in [0.29, 0.717) is 18.9 Å². The number of hydrogen-bond acceptors (Lipinski definition) is 4. The summed E-state index contributed by atoms with van der Waals surface area (Å²) in [5.41, 5.74) is -1.10. The third kappa shape index (κ3) is 4.80. The summed E-state index contributed by atoms with van der Waals surface area (Å²) >= 11 is 5.85. The molecule has 1 atom stereocenters. The Labute approximate surface area is 154 Å². The number of nitrogens with zero attached hydrogens (tertiary/aromatic N) is 1. The number of ether oxygens (including phenoxy) is 1. The summed E-state index contributed by atoms with van der Waals surface area (Å²) in [5, 5.41) is 2.25. The number of hydrogen-bond donors (Lipinski definition) is 1. The van der Waals surface area contributed by atoms with Crippen LogP contribution in [0.3, 0.4) is 0 Å². The lowest BCUT2D eigenvalue weighted by Crippen LogP contribution is -2.49. The Balaban J connectivity index is 2.25. The minimum absolute atomic E-state index is 0.0757. The van der Waals surface area contributed by atoms with Crippen molar-refractivity contribution >= 4 is 27.7 Å². The van der Waals surface area contributed by atoms with E-state index in [9.17, 15) is 26.4 Å². The van der Waals surface area contributed by atoms with Gasteiger partial charge in [0.2, 0.25) is 10.0 Å². The largest absolute Gasteiger partial charge is 0.450 e. The van der Waals surface area contributed by atoms with E-state index < -0.39 is 38.8 Å². The van der Waals surface area contributed by atoms with Crippen LogP contribution in [-0.4, -0.2) is 44.6 Å². The number of carbonyl (C=O) groups is 1. The fourth-order valence-corrected chi connectivity index (χ4v) is 4.66. The zero-order valence-corrected chi connectivity index (χ0v) is 15.4. The summed E-state index contributed by atoms with van der Waals surface area (Å²) in [7, 11) is -4.25. The summed E-state index contributed by atoms with van der Waals surface area (Å²) in [6, 6.07) is 1.67. The third-order valence-corrected chi connectivity index (χ3v) is 6.20. The first kappa shape index (κ1) is 20.8. The van der Waals surface area contributed by atoms with Gasteiger partial charge >= 0.3 is 12.3 Å². The zero-order chi connectivity index (χ0) is 19.5. The molecule has 1 aliphatic heterocycles. The molecule has 1 aromatic carbocycles. The molecule has 0 radical (unpaired) electrons. The van der Waals surface area contributed by atoms with Crippen LogP contribution in [0, 0.1) is 0 Å². The molecule has 0 aromatic heterocycles. The Kier molecular flexibility index (Phi) is 6.41. The molecule has 1 heterocycles. The van der Waals surface area contributed by atoms with Crippen LogP contribution in [0.1, 0.15) is 25.3 Å². The molecular formula is C15H18ClF3N2O4S. The van der Waals surface area contributed by atoms with Gasteiger partial charge in [-0.05, 0) is 38.0 Å². The van der Waals surface area contributed by atoms with Gasteiger partial charge in [0, 0.05) is 19.1 Å². The summed E-state index contributed by atoms with van der Waals surface area (Å²) in [6.45, 7) is 1.84. The van der Waals surface area contributed by atoms with E-state index in [4.69, 9.17) is 16.3 Å². The van der Waals surface area contributed by atoms with E-state index in [0.717, 1.165) is 16.4 Å². The summed E-state index contributed by atoms with van der Waals surface area (Å²) in [6.07, 6.45) is -4.40. The molecule has 2 rings (SSSR count). The number of benzene rings is 1. The van der Waals surface area contributed by atoms with Crippen LogP contribution in [0.15, 0.2) is 23.1 Å². The van der Waals surface area contributed by atoms with Crippen molar-refractivity contribution in [1.82, 2.24) is 9.62 Å². The second-order valence-corrected chi connectivity index (χ2v) is 8.02. The van der Waals surface area contributed by atoms with E-state index in [1.54, 1.807) is 6.92 Å². The lowest BCUT2D eigenvalue weighted by Gasteiger charge is -2.32. The monoisotopic (exact) mass is 414 g/mol. The van der Waals surface area contributed by atoms with Crippen molar-refractivity contribution < 1.29 is 31.1 Å². The highest BCUT2D eigenvalue weighted by atomic mass is 35.5. The van der Waals surface area contributed by atoms with Gasteiger partial charge in [-0.2, -0.15) is 17.5 Å². The first-order valence-corrected chi connectivity index (χ1v) is 9.67. The van der Waals surface area contributed by atoms with Gasteiger partial charge in [-0.1, -0.05) is 11.6 Å². The van der Waals surface area contributed by atoms with Crippen LogP contribution in [0.4, 0.5) is 18.0 Å². The van der Waals surface area contributed by atoms with Crippen LogP contribution in [0.5, 0.6) is 0 Å². The van der Waals surface area contributed by atoms with Crippen molar-refractivity contribution in [2.24, 2.45) is 0 Å². The van der Waals surface area contributed by atoms with E-state index in [2.05, 4.69) is 5.32 Å². The molecule has 0 aliphatic carbocycles. The van der Waals surface area contributed by atoms with Gasteiger partial charge < -0.3 is 10.1 Å². The van der Waals surface area contributed by atoms with Crippen LogP contribution in [0.2, 0.25) is 5.02 Å². The molecule has 6 nitrogen and oxygen atoms in total. The number of amides is 1. The highest BCUT2D eigenvalue weighted by molar-refractivity contribution is 7.89. The predicted octanol–water partition coefficient (Wildman–Crippen LogP) is 3.26. The molecule has 1 fully saturated rings. The van der Waals surface area contributed by atoms with Crippen LogP contribution >= 0.6 is 11.6 Å². The number of sulfonamides is 1. The molecule has 1 aliphatic rings. The van der Waals surface area contributed by atoms with Crippen LogP contribution < -0.4 is 5.32 Å². The summed E-state index contributed by atoms with van der Waals surface area (Å²) in [5.74, 6) is 0. The van der Waals surface area contributed by atoms with Gasteiger partial charge in [-0.25, -0.2) is 13.2 Å². The maximum absolute atomic E-state index is 12.9. The quantitative estimate of drug-likeness (QED) is 0.820. The normalized spacial score (nSPS) is 19.2. The Morgan fingerprint density at radius 2 is 2.12 bits per heavy atom. The van der Waals surface area contributed by atoms with Crippen molar-refractivity contribution in [3.8, 4) is 0 Å². The Morgan fingerprint density at radius 1 is 1.42 bits per heavy atom. The minimum Gasteiger partial charge on any atom is -0.450 e. The number of halogens is 4. The number of alkyl halides is 3. The van der Waals surface area contributed by atoms with Crippen molar-refractivity contribution in [3.05, 3.63) is 28.8 Å². The number of nitrogens with one attached hydrogen (secondary N) is 1. The van der Waals surface area contributed by atoms with E-state index >= 15 is 0 Å². The number of piperidine rings is 1. The molecule has 1 aromatic rings. The standard InChI is InChI=1S/C15H18ClF3N2O4S/c1-2-25-14(22)20-11-4-3-7-21(9-11)26(23,24)13-8-10(15(17,18)19)5-6-12(13)16/h5-6,8,11H,2-4,7,9H2,1H3,(H,20,22). The molecule has 1 N–H and O–H groups in total. The predicted molar refractivity (Wildman–Crippen MR) is 88.4 cm³/mol. The smallest absolute Gasteiger partial charge is 0.416 e. The van der Waals surface area contributed by atoms with E-state index in [1.807, 2.05) is 0 Å². The van der Waals surface area contributed by atoms with Gasteiger partial charge in [0.25, 0.3) is 0 Å². The van der Waals surface area contributed by atoms with Crippen molar-refractivity contribution in [3.63, 3.8) is 0 Å². The topological polar surface area (TPSA) is 75.7 Å². The summed E-state index contributed by atoms with van der Waals surface area (Å²) < 4.78 is 70.0. The fourth-order valence-electron chi connectivity index (χ4n) is 2.63. The van der Waals surface area contributed by atoms with Crippen molar-refractivity contribution in [1.29, 1.82) is 0 Å². The second kappa shape index (κ2) is 8.01. The average Bonchev–Trinajstić information content (AvgIpc) is 2.54. The SMILES string of the molecule is CCOC(=O)NC1CCCN(S(=O)(=O)c2cc(C(F)(F)F)ccc2Cl)C1. The molecule has 1 amide bonds. The second-order valence-electron chi connectivity index (χ2n) is 5.71. The fraction of sp³-hybridized carbons (Fsp3) is 0.533. The lowest BCUT2D eigenvalue weighted by atomic mass is 10.1. The first-order chi connectivity index (χ1) is 12.1. The maximum Gasteiger partial charge on any atom is 0.416 e. The van der Waals surface area contributed by atoms with Gasteiger partial charge in [0.1, 0.15) is 4.90 Å². The number of rotatable bonds is 4. The highest BCUT2D eigenvalue weighted by Crippen LogP contribution is 2.34. The molecule has 1 saturated heterocycles. The minimum atomic E-state index is -4.69.